The number of aromatic nitrogens is 2. The zero-order chi connectivity index (χ0) is 19.6. The molecule has 2 heterocycles. The van der Waals surface area contributed by atoms with Gasteiger partial charge in [-0.05, 0) is 25.5 Å². The minimum Gasteiger partial charge on any atom is -0.506 e. The van der Waals surface area contributed by atoms with E-state index in [4.69, 9.17) is 8.94 Å². The minimum absolute atomic E-state index is 0.0800. The van der Waals surface area contributed by atoms with Gasteiger partial charge in [0.15, 0.2) is 5.82 Å². The number of rotatable bonds is 6. The first-order valence-electron chi connectivity index (χ1n) is 8.00. The molecule has 27 heavy (non-hydrogen) atoms. The number of hydrogen-bond acceptors (Lipinski definition) is 9. The third-order valence-corrected chi connectivity index (χ3v) is 4.77. The molecule has 1 atom stereocenters. The van der Waals surface area contributed by atoms with E-state index >= 15 is 0 Å². The van der Waals surface area contributed by atoms with Gasteiger partial charge in [0.1, 0.15) is 32.8 Å². The van der Waals surface area contributed by atoms with Gasteiger partial charge in [-0.25, -0.2) is 13.2 Å². The van der Waals surface area contributed by atoms with Gasteiger partial charge in [-0.15, -0.1) is 0 Å². The van der Waals surface area contributed by atoms with Crippen LogP contribution in [-0.2, 0) is 9.84 Å². The molecule has 0 amide bonds. The molecule has 0 spiro atoms. The average molecular weight is 391 g/mol. The van der Waals surface area contributed by atoms with E-state index in [0.717, 1.165) is 12.5 Å². The van der Waals surface area contributed by atoms with Crippen LogP contribution in [0.2, 0.25) is 0 Å². The summed E-state index contributed by atoms with van der Waals surface area (Å²) in [5.74, 6) is 0.0678. The number of aliphatic imine (C=N–C) groups is 1. The quantitative estimate of drug-likeness (QED) is 0.496. The van der Waals surface area contributed by atoms with Gasteiger partial charge in [-0.3, -0.25) is 4.99 Å². The van der Waals surface area contributed by atoms with E-state index in [9.17, 15) is 18.3 Å². The van der Waals surface area contributed by atoms with Crippen LogP contribution in [0.3, 0.4) is 0 Å². The molecule has 1 N–H and O–H groups in total. The number of aryl methyl sites for hydroxylation is 1. The van der Waals surface area contributed by atoms with Crippen molar-refractivity contribution in [2.75, 3.05) is 12.0 Å². The van der Waals surface area contributed by atoms with Gasteiger partial charge in [0, 0.05) is 12.5 Å². The van der Waals surface area contributed by atoms with Gasteiger partial charge < -0.3 is 14.0 Å². The molecule has 2 aromatic heterocycles. The Labute approximate surface area is 154 Å². The van der Waals surface area contributed by atoms with Gasteiger partial charge in [0.2, 0.25) is 0 Å². The molecule has 0 saturated heterocycles. The second-order valence-electron chi connectivity index (χ2n) is 6.04. The van der Waals surface area contributed by atoms with Crippen molar-refractivity contribution in [1.82, 2.24) is 10.1 Å². The number of para-hydroxylation sites is 1. The van der Waals surface area contributed by atoms with Gasteiger partial charge in [0.05, 0.1) is 11.1 Å². The number of fused-ring (bicyclic) bond motifs is 1. The van der Waals surface area contributed by atoms with Gasteiger partial charge >= 0.3 is 5.63 Å². The summed E-state index contributed by atoms with van der Waals surface area (Å²) in [6.45, 7) is 1.62. The summed E-state index contributed by atoms with van der Waals surface area (Å²) in [5.41, 5.74) is -0.661. The van der Waals surface area contributed by atoms with E-state index in [1.165, 1.54) is 0 Å². The summed E-state index contributed by atoms with van der Waals surface area (Å²) >= 11 is 0. The van der Waals surface area contributed by atoms with Crippen LogP contribution in [0.5, 0.6) is 5.75 Å². The van der Waals surface area contributed by atoms with Crippen LogP contribution in [0.1, 0.15) is 29.7 Å². The molecule has 3 rings (SSSR count). The highest BCUT2D eigenvalue weighted by Gasteiger charge is 2.20. The maximum atomic E-state index is 12.2. The predicted octanol–water partition coefficient (Wildman–Crippen LogP) is 1.78. The normalized spacial score (nSPS) is 13.4. The number of nitrogens with zero attached hydrogens (tertiary/aromatic N) is 3. The van der Waals surface area contributed by atoms with Crippen molar-refractivity contribution in [3.8, 4) is 5.75 Å². The second-order valence-corrected chi connectivity index (χ2v) is 8.30. The van der Waals surface area contributed by atoms with Gasteiger partial charge in [-0.1, -0.05) is 17.3 Å². The van der Waals surface area contributed by atoms with Crippen molar-refractivity contribution in [1.29, 1.82) is 0 Å². The first-order valence-corrected chi connectivity index (χ1v) is 10.1. The largest absolute Gasteiger partial charge is 0.506 e. The average Bonchev–Trinajstić information content (AvgIpc) is 3.02. The molecule has 0 bridgehead atoms. The first-order chi connectivity index (χ1) is 12.7. The highest BCUT2D eigenvalue weighted by atomic mass is 32.2. The second kappa shape index (κ2) is 7.31. The topological polar surface area (TPSA) is 136 Å². The number of benzene rings is 1. The van der Waals surface area contributed by atoms with E-state index in [1.807, 2.05) is 0 Å². The fraction of sp³-hybridized carbons (Fsp3) is 0.294. The molecule has 0 aliphatic rings. The maximum absolute atomic E-state index is 12.2. The Morgan fingerprint density at radius 2 is 2.07 bits per heavy atom. The molecule has 1 aromatic carbocycles. The first kappa shape index (κ1) is 18.8. The van der Waals surface area contributed by atoms with Crippen LogP contribution in [0.4, 0.5) is 0 Å². The van der Waals surface area contributed by atoms with Crippen LogP contribution in [0.25, 0.3) is 11.0 Å². The molecular formula is C17H17N3O6S. The number of hydrogen-bond donors (Lipinski definition) is 1. The van der Waals surface area contributed by atoms with Gasteiger partial charge in [0.25, 0.3) is 5.89 Å². The summed E-state index contributed by atoms with van der Waals surface area (Å²) < 4.78 is 33.2. The molecule has 9 nitrogen and oxygen atoms in total. The molecule has 0 aliphatic heterocycles. The Balaban J connectivity index is 1.99. The van der Waals surface area contributed by atoms with E-state index in [2.05, 4.69) is 15.1 Å². The lowest BCUT2D eigenvalue weighted by Gasteiger charge is -2.07. The van der Waals surface area contributed by atoms with E-state index in [1.54, 1.807) is 31.2 Å². The van der Waals surface area contributed by atoms with Crippen LogP contribution in [0, 0.1) is 6.92 Å². The summed E-state index contributed by atoms with van der Waals surface area (Å²) in [7, 11) is -3.24. The molecule has 142 valence electrons. The smallest absolute Gasteiger partial charge is 0.348 e. The van der Waals surface area contributed by atoms with Crippen LogP contribution in [-0.4, -0.2) is 41.9 Å². The van der Waals surface area contributed by atoms with Crippen molar-refractivity contribution in [2.24, 2.45) is 4.99 Å². The van der Waals surface area contributed by atoms with Crippen molar-refractivity contribution in [3.63, 3.8) is 0 Å². The highest BCUT2D eigenvalue weighted by Crippen LogP contribution is 2.26. The number of sulfone groups is 1. The fourth-order valence-corrected chi connectivity index (χ4v) is 3.11. The minimum atomic E-state index is -3.24. The molecule has 0 fully saturated rings. The maximum Gasteiger partial charge on any atom is 0.348 e. The number of aromatic hydroxyl groups is 1. The van der Waals surface area contributed by atoms with Crippen LogP contribution >= 0.6 is 0 Å². The molecule has 1 unspecified atom stereocenters. The summed E-state index contributed by atoms with van der Waals surface area (Å²) in [4.78, 5) is 20.4. The standard InChI is InChI=1S/C17H17N3O6S/c1-10-19-16(26-20-10)13(7-8-27(2,23)24)18-9-12-15(21)11-5-3-4-6-14(11)25-17(12)22/h3-6,9,13,21H,7-8H2,1-2H3. The molecule has 0 saturated carbocycles. The third-order valence-electron chi connectivity index (χ3n) is 3.79. The Hall–Kier alpha value is -3.01. The SMILES string of the molecule is Cc1noc(C(CCS(C)(=O)=O)N=Cc2c(O)c3ccccc3oc2=O)n1. The van der Waals surface area contributed by atoms with Crippen LogP contribution < -0.4 is 5.63 Å². The van der Waals surface area contributed by atoms with Crippen molar-refractivity contribution in [2.45, 2.75) is 19.4 Å². The molecule has 0 radical (unpaired) electrons. The highest BCUT2D eigenvalue weighted by molar-refractivity contribution is 7.90. The van der Waals surface area contributed by atoms with Crippen LogP contribution in [0.15, 0.2) is 43.0 Å². The van der Waals surface area contributed by atoms with Gasteiger partial charge in [-0.2, -0.15) is 4.98 Å². The van der Waals surface area contributed by atoms with Crippen molar-refractivity contribution >= 4 is 27.0 Å². The monoisotopic (exact) mass is 391 g/mol. The lowest BCUT2D eigenvalue weighted by atomic mass is 10.1. The van der Waals surface area contributed by atoms with E-state index < -0.39 is 21.5 Å². The Morgan fingerprint density at radius 3 is 2.74 bits per heavy atom. The van der Waals surface area contributed by atoms with Crippen molar-refractivity contribution < 1.29 is 22.5 Å². The Morgan fingerprint density at radius 1 is 1.33 bits per heavy atom. The molecule has 0 aliphatic carbocycles. The molecule has 3 aromatic rings. The molecule has 10 heteroatoms. The zero-order valence-corrected chi connectivity index (χ0v) is 15.4. The molecular weight excluding hydrogens is 374 g/mol. The lowest BCUT2D eigenvalue weighted by molar-refractivity contribution is 0.350. The predicted molar refractivity (Wildman–Crippen MR) is 97.8 cm³/mol. The lowest BCUT2D eigenvalue weighted by Crippen LogP contribution is -2.10. The Bertz CT molecular complexity index is 1160. The summed E-state index contributed by atoms with van der Waals surface area (Å²) in [6.07, 6.45) is 2.33. The fourth-order valence-electron chi connectivity index (χ4n) is 2.46. The van der Waals surface area contributed by atoms with E-state index in [0.29, 0.717) is 11.2 Å². The Kier molecular flexibility index (Phi) is 5.08. The third kappa shape index (κ3) is 4.40. The van der Waals surface area contributed by atoms with Crippen molar-refractivity contribution in [3.05, 3.63) is 52.0 Å². The summed E-state index contributed by atoms with van der Waals surface area (Å²) in [6, 6.07) is 5.75. The zero-order valence-electron chi connectivity index (χ0n) is 14.6. The van der Waals surface area contributed by atoms with E-state index in [-0.39, 0.29) is 35.0 Å². The summed E-state index contributed by atoms with van der Waals surface area (Å²) in [5, 5.41) is 14.4.